The van der Waals surface area contributed by atoms with Gasteiger partial charge in [-0.05, 0) is 31.9 Å². The van der Waals surface area contributed by atoms with Crippen molar-refractivity contribution in [3.05, 3.63) is 29.8 Å². The van der Waals surface area contributed by atoms with Crippen molar-refractivity contribution in [1.82, 2.24) is 10.2 Å². The molecule has 1 unspecified atom stereocenters. The van der Waals surface area contributed by atoms with Crippen LogP contribution in [0.3, 0.4) is 0 Å². The van der Waals surface area contributed by atoms with Gasteiger partial charge in [-0.3, -0.25) is 9.59 Å². The molecule has 0 radical (unpaired) electrons. The van der Waals surface area contributed by atoms with E-state index in [-0.39, 0.29) is 36.0 Å². The first-order valence-electron chi connectivity index (χ1n) is 9.58. The van der Waals surface area contributed by atoms with Crippen molar-refractivity contribution in [3.63, 3.8) is 0 Å². The van der Waals surface area contributed by atoms with Crippen LogP contribution >= 0.6 is 0 Å². The Kier molecular flexibility index (Phi) is 7.46. The van der Waals surface area contributed by atoms with E-state index in [1.165, 1.54) is 18.2 Å². The van der Waals surface area contributed by atoms with E-state index in [0.717, 1.165) is 18.9 Å². The Morgan fingerprint density at radius 3 is 2.32 bits per heavy atom. The minimum Gasteiger partial charge on any atom is -0.342 e. The number of nitrogens with one attached hydrogen (secondary N) is 2. The van der Waals surface area contributed by atoms with Crippen LogP contribution < -0.4 is 10.6 Å². The summed E-state index contributed by atoms with van der Waals surface area (Å²) in [5.41, 5.74) is -1.08. The summed E-state index contributed by atoms with van der Waals surface area (Å²) >= 11 is 0. The number of hydrogen-bond donors (Lipinski definition) is 2. The molecule has 5 nitrogen and oxygen atoms in total. The van der Waals surface area contributed by atoms with E-state index >= 15 is 0 Å². The first-order chi connectivity index (χ1) is 13.1. The van der Waals surface area contributed by atoms with Crippen molar-refractivity contribution in [2.24, 2.45) is 5.92 Å². The topological polar surface area (TPSA) is 61.4 Å². The Hall–Kier alpha value is -2.09. The molecule has 2 rings (SSSR count). The Balaban J connectivity index is 1.82. The molecule has 1 heterocycles. The Bertz CT molecular complexity index is 684. The molecule has 0 spiro atoms. The standard InChI is InChI=1S/C20H28F3N3O2/c1-13(2)19(28)26-10-8-15(9-11-26)24-14(3)12-18(27)25-17-7-5-4-6-16(17)20(21,22)23/h4-7,13-15,24H,8-12H2,1-3H3,(H,25,27). The molecular weight excluding hydrogens is 371 g/mol. The summed E-state index contributed by atoms with van der Waals surface area (Å²) in [5, 5.41) is 5.72. The van der Waals surface area contributed by atoms with Crippen molar-refractivity contribution < 1.29 is 22.8 Å². The maximum atomic E-state index is 13.0. The minimum absolute atomic E-state index is 0.0216. The monoisotopic (exact) mass is 399 g/mol. The van der Waals surface area contributed by atoms with Gasteiger partial charge in [0.05, 0.1) is 11.3 Å². The maximum Gasteiger partial charge on any atom is 0.418 e. The predicted octanol–water partition coefficient (Wildman–Crippen LogP) is 3.66. The molecule has 0 aliphatic carbocycles. The van der Waals surface area contributed by atoms with Crippen LogP contribution in [0.15, 0.2) is 24.3 Å². The number of carbonyl (C=O) groups excluding carboxylic acids is 2. The van der Waals surface area contributed by atoms with E-state index < -0.39 is 17.6 Å². The number of hydrogen-bond acceptors (Lipinski definition) is 3. The third kappa shape index (κ3) is 6.22. The number of anilines is 1. The van der Waals surface area contributed by atoms with E-state index in [0.29, 0.717) is 13.1 Å². The summed E-state index contributed by atoms with van der Waals surface area (Å²) in [6, 6.07) is 4.94. The van der Waals surface area contributed by atoms with E-state index in [1.807, 2.05) is 25.7 Å². The summed E-state index contributed by atoms with van der Waals surface area (Å²) in [6.07, 6.45) is -2.87. The van der Waals surface area contributed by atoms with Gasteiger partial charge >= 0.3 is 6.18 Å². The van der Waals surface area contributed by atoms with Gasteiger partial charge in [-0.15, -0.1) is 0 Å². The average molecular weight is 399 g/mol. The van der Waals surface area contributed by atoms with Gasteiger partial charge in [0, 0.05) is 37.5 Å². The second kappa shape index (κ2) is 9.41. The average Bonchev–Trinajstić information content (AvgIpc) is 2.61. The minimum atomic E-state index is -4.52. The van der Waals surface area contributed by atoms with E-state index in [9.17, 15) is 22.8 Å². The van der Waals surface area contributed by atoms with Crippen LogP contribution in [0.4, 0.5) is 18.9 Å². The van der Waals surface area contributed by atoms with Crippen LogP contribution in [0.5, 0.6) is 0 Å². The van der Waals surface area contributed by atoms with Crippen molar-refractivity contribution in [3.8, 4) is 0 Å². The second-order valence-corrected chi connectivity index (χ2v) is 7.62. The first-order valence-corrected chi connectivity index (χ1v) is 9.58. The van der Waals surface area contributed by atoms with Gasteiger partial charge in [-0.25, -0.2) is 0 Å². The summed E-state index contributed by atoms with van der Waals surface area (Å²) in [7, 11) is 0. The molecule has 156 valence electrons. The van der Waals surface area contributed by atoms with Crippen LogP contribution in [0.1, 0.15) is 45.6 Å². The fourth-order valence-electron chi connectivity index (χ4n) is 3.41. The van der Waals surface area contributed by atoms with E-state index in [4.69, 9.17) is 0 Å². The quantitative estimate of drug-likeness (QED) is 0.768. The normalized spacial score (nSPS) is 16.9. The van der Waals surface area contributed by atoms with Gasteiger partial charge in [0.15, 0.2) is 0 Å². The molecule has 0 bridgehead atoms. The lowest BCUT2D eigenvalue weighted by Gasteiger charge is -2.34. The van der Waals surface area contributed by atoms with Gasteiger partial charge in [0.2, 0.25) is 11.8 Å². The summed E-state index contributed by atoms with van der Waals surface area (Å²) in [6.45, 7) is 6.94. The molecule has 8 heteroatoms. The number of carbonyl (C=O) groups is 2. The molecule has 1 aromatic carbocycles. The number of alkyl halides is 3. The van der Waals surface area contributed by atoms with E-state index in [2.05, 4.69) is 10.6 Å². The highest BCUT2D eigenvalue weighted by atomic mass is 19.4. The van der Waals surface area contributed by atoms with Crippen LogP contribution in [-0.2, 0) is 15.8 Å². The zero-order valence-corrected chi connectivity index (χ0v) is 16.5. The van der Waals surface area contributed by atoms with Crippen molar-refractivity contribution in [2.75, 3.05) is 18.4 Å². The Labute approximate surface area is 163 Å². The summed E-state index contributed by atoms with van der Waals surface area (Å²) in [4.78, 5) is 26.1. The van der Waals surface area contributed by atoms with Crippen molar-refractivity contribution in [1.29, 1.82) is 0 Å². The number of nitrogens with zero attached hydrogens (tertiary/aromatic N) is 1. The van der Waals surface area contributed by atoms with Gasteiger partial charge in [-0.2, -0.15) is 13.2 Å². The number of para-hydroxylation sites is 1. The zero-order chi connectivity index (χ0) is 20.9. The van der Waals surface area contributed by atoms with Gasteiger partial charge in [-0.1, -0.05) is 26.0 Å². The molecule has 1 saturated heterocycles. The lowest BCUT2D eigenvalue weighted by Crippen LogP contribution is -2.48. The fourth-order valence-corrected chi connectivity index (χ4v) is 3.41. The molecule has 1 aromatic rings. The lowest BCUT2D eigenvalue weighted by molar-refractivity contribution is -0.137. The van der Waals surface area contributed by atoms with Gasteiger partial charge < -0.3 is 15.5 Å². The van der Waals surface area contributed by atoms with Crippen molar-refractivity contribution >= 4 is 17.5 Å². The third-order valence-corrected chi connectivity index (χ3v) is 4.82. The van der Waals surface area contributed by atoms with Crippen molar-refractivity contribution in [2.45, 2.75) is 58.3 Å². The molecule has 2 amide bonds. The highest BCUT2D eigenvalue weighted by Gasteiger charge is 2.33. The van der Waals surface area contributed by atoms with Gasteiger partial charge in [0.1, 0.15) is 0 Å². The van der Waals surface area contributed by atoms with Crippen LogP contribution in [0.2, 0.25) is 0 Å². The number of halogens is 3. The fraction of sp³-hybridized carbons (Fsp3) is 0.600. The smallest absolute Gasteiger partial charge is 0.342 e. The second-order valence-electron chi connectivity index (χ2n) is 7.62. The molecular formula is C20H28F3N3O2. The summed E-state index contributed by atoms with van der Waals surface area (Å²) in [5.74, 6) is -0.343. The van der Waals surface area contributed by atoms with Crippen LogP contribution in [0, 0.1) is 5.92 Å². The highest BCUT2D eigenvalue weighted by Crippen LogP contribution is 2.34. The number of likely N-dealkylation sites (tertiary alicyclic amines) is 1. The molecule has 1 atom stereocenters. The Morgan fingerprint density at radius 2 is 1.75 bits per heavy atom. The number of piperidine rings is 1. The molecule has 1 aliphatic heterocycles. The molecule has 0 aromatic heterocycles. The number of benzene rings is 1. The molecule has 28 heavy (non-hydrogen) atoms. The number of amides is 2. The molecule has 1 fully saturated rings. The molecule has 2 N–H and O–H groups in total. The third-order valence-electron chi connectivity index (χ3n) is 4.82. The molecule has 0 saturated carbocycles. The van der Waals surface area contributed by atoms with Crippen LogP contribution in [-0.4, -0.2) is 41.9 Å². The predicted molar refractivity (Wildman–Crippen MR) is 102 cm³/mol. The lowest BCUT2D eigenvalue weighted by atomic mass is 10.0. The Morgan fingerprint density at radius 1 is 1.14 bits per heavy atom. The maximum absolute atomic E-state index is 13.0. The zero-order valence-electron chi connectivity index (χ0n) is 16.5. The highest BCUT2D eigenvalue weighted by molar-refractivity contribution is 5.92. The SMILES string of the molecule is CC(CC(=O)Nc1ccccc1C(F)(F)F)NC1CCN(C(=O)C(C)C)CC1. The number of rotatable bonds is 6. The summed E-state index contributed by atoms with van der Waals surface area (Å²) < 4.78 is 39.1. The molecule has 1 aliphatic rings. The largest absolute Gasteiger partial charge is 0.418 e. The van der Waals surface area contributed by atoms with Crippen LogP contribution in [0.25, 0.3) is 0 Å². The first kappa shape index (κ1) is 22.2. The van der Waals surface area contributed by atoms with Gasteiger partial charge in [0.25, 0.3) is 0 Å². The van der Waals surface area contributed by atoms with E-state index in [1.54, 1.807) is 0 Å².